The van der Waals surface area contributed by atoms with Crippen LogP contribution in [0.1, 0.15) is 223 Å². The van der Waals surface area contributed by atoms with Crippen molar-refractivity contribution in [2.45, 2.75) is 225 Å². The van der Waals surface area contributed by atoms with E-state index in [2.05, 4.69) is 69.3 Å². The maximum atomic E-state index is 12.5. The number of carbonyl (C=O) groups is 2. The zero-order chi connectivity index (χ0) is 53.9. The van der Waals surface area contributed by atoms with Crippen molar-refractivity contribution in [3.8, 4) is 5.75 Å². The van der Waals surface area contributed by atoms with Crippen molar-refractivity contribution >= 4 is 11.9 Å². The van der Waals surface area contributed by atoms with Gasteiger partial charge in [-0.15, -0.1) is 0 Å². The van der Waals surface area contributed by atoms with Gasteiger partial charge in [0.05, 0.1) is 49.3 Å². The van der Waals surface area contributed by atoms with Gasteiger partial charge in [0, 0.05) is 13.0 Å². The van der Waals surface area contributed by atoms with Crippen LogP contribution in [0.5, 0.6) is 5.75 Å². The lowest BCUT2D eigenvalue weighted by atomic mass is 9.82. The summed E-state index contributed by atoms with van der Waals surface area (Å²) < 4.78 is 29.2. The summed E-state index contributed by atoms with van der Waals surface area (Å²) in [6.45, 7) is 12.4. The van der Waals surface area contributed by atoms with E-state index in [4.69, 9.17) is 33.5 Å². The molecule has 0 amide bonds. The average molecular weight is 1060 g/mol. The summed E-state index contributed by atoms with van der Waals surface area (Å²) in [4.78, 5) is 36.0. The SMILES string of the molecule is CC1CCC(OCCCOc2ccc(CCCCc3ccc(COOC4CCC(C)CC4)cc3)cc2)CC1.Cc1ccc(C(=O)OC2CCC(c3ccc(C(=O)OCCCCCCOC4CCC(C)CC4)cc3)CC2)cc1. The maximum Gasteiger partial charge on any atom is 0.338 e. The summed E-state index contributed by atoms with van der Waals surface area (Å²) in [5.74, 6) is 3.47. The van der Waals surface area contributed by atoms with Gasteiger partial charge in [-0.2, -0.15) is 0 Å². The lowest BCUT2D eigenvalue weighted by molar-refractivity contribution is -0.337. The third kappa shape index (κ3) is 22.6. The van der Waals surface area contributed by atoms with Gasteiger partial charge in [0.15, 0.2) is 0 Å². The molecule has 0 N–H and O–H groups in total. The highest BCUT2D eigenvalue weighted by molar-refractivity contribution is 5.90. The van der Waals surface area contributed by atoms with Gasteiger partial charge in [-0.25, -0.2) is 19.4 Å². The Morgan fingerprint density at radius 1 is 0.429 bits per heavy atom. The van der Waals surface area contributed by atoms with Crippen LogP contribution >= 0.6 is 0 Å². The van der Waals surface area contributed by atoms with Gasteiger partial charge in [-0.05, 0) is 237 Å². The molecule has 8 rings (SSSR count). The molecule has 422 valence electrons. The lowest BCUT2D eigenvalue weighted by Gasteiger charge is -2.28. The standard InChI is InChI=1S/C34H46O5.C34H50O4/c1-25-7-11-30(12-8-25)34(36)39-32-21-17-28(18-22-32)27-13-15-29(16-14-27)33(35)38-24-6-4-3-5-23-37-31-19-9-26(2)10-20-31;1-27-8-18-32(19-9-27)35-24-5-25-36-33-22-16-30(17-23-33)7-4-3-6-29-12-14-31(15-13-29)26-37-38-34-20-10-28(2)11-21-34/h7-8,11-16,26,28,31-32H,3-6,9-10,17-24H2,1-2H3;12-17,22-23,27-28,32,34H,3-11,18-21,24-26H2,1-2H3. The van der Waals surface area contributed by atoms with E-state index in [1.54, 1.807) is 0 Å². The smallest absolute Gasteiger partial charge is 0.338 e. The summed E-state index contributed by atoms with van der Waals surface area (Å²) >= 11 is 0. The second kappa shape index (κ2) is 33.8. The van der Waals surface area contributed by atoms with Gasteiger partial charge in [-0.3, -0.25) is 0 Å². The minimum Gasteiger partial charge on any atom is -0.494 e. The number of rotatable bonds is 27. The fraction of sp³-hybridized carbons (Fsp3) is 0.618. The molecule has 4 aromatic carbocycles. The number of hydrogen-bond acceptors (Lipinski definition) is 9. The summed E-state index contributed by atoms with van der Waals surface area (Å²) in [6, 6.07) is 32.8. The number of unbranched alkanes of at least 4 members (excludes halogenated alkanes) is 4. The molecular formula is C68H96O9. The largest absolute Gasteiger partial charge is 0.494 e. The van der Waals surface area contributed by atoms with Gasteiger partial charge < -0.3 is 23.7 Å². The zero-order valence-electron chi connectivity index (χ0n) is 47.7. The van der Waals surface area contributed by atoms with E-state index in [1.807, 2.05) is 55.5 Å². The van der Waals surface area contributed by atoms with E-state index in [-0.39, 0.29) is 24.1 Å². The van der Waals surface area contributed by atoms with Crippen molar-refractivity contribution in [1.29, 1.82) is 0 Å². The fourth-order valence-corrected chi connectivity index (χ4v) is 11.4. The van der Waals surface area contributed by atoms with Crippen LogP contribution in [-0.4, -0.2) is 62.8 Å². The molecule has 4 aliphatic rings. The Balaban J connectivity index is 0.000000224. The Morgan fingerprint density at radius 3 is 1.47 bits per heavy atom. The number of hydrogen-bond donors (Lipinski definition) is 0. The molecule has 4 aliphatic carbocycles. The van der Waals surface area contributed by atoms with E-state index < -0.39 is 0 Å². The molecule has 0 bridgehead atoms. The summed E-state index contributed by atoms with van der Waals surface area (Å²) in [7, 11) is 0. The first-order valence-electron chi connectivity index (χ1n) is 30.5. The second-order valence-corrected chi connectivity index (χ2v) is 23.5. The Hall–Kier alpha value is -4.54. The zero-order valence-corrected chi connectivity index (χ0v) is 47.7. The monoisotopic (exact) mass is 1060 g/mol. The third-order valence-corrected chi connectivity index (χ3v) is 16.8. The molecule has 9 heteroatoms. The molecule has 9 nitrogen and oxygen atoms in total. The van der Waals surface area contributed by atoms with Gasteiger partial charge in [-0.1, -0.05) is 93.4 Å². The van der Waals surface area contributed by atoms with Crippen LogP contribution in [0.3, 0.4) is 0 Å². The lowest BCUT2D eigenvalue weighted by Crippen LogP contribution is -2.24. The Kier molecular flexibility index (Phi) is 26.4. The highest BCUT2D eigenvalue weighted by Gasteiger charge is 2.26. The van der Waals surface area contributed by atoms with Gasteiger partial charge in [0.25, 0.3) is 0 Å². The van der Waals surface area contributed by atoms with Crippen LogP contribution < -0.4 is 4.74 Å². The number of esters is 2. The number of carbonyl (C=O) groups excluding carboxylic acids is 2. The van der Waals surface area contributed by atoms with E-state index in [1.165, 1.54) is 99.3 Å². The molecule has 4 saturated carbocycles. The fourth-order valence-electron chi connectivity index (χ4n) is 11.4. The molecule has 0 unspecified atom stereocenters. The normalized spacial score (nSPS) is 23.5. The minimum absolute atomic E-state index is 0.0300. The Labute approximate surface area is 464 Å². The van der Waals surface area contributed by atoms with Crippen LogP contribution in [0.2, 0.25) is 0 Å². The van der Waals surface area contributed by atoms with E-state index in [0.29, 0.717) is 42.5 Å². The predicted octanol–water partition coefficient (Wildman–Crippen LogP) is 16.8. The highest BCUT2D eigenvalue weighted by atomic mass is 17.2. The first kappa shape index (κ1) is 60.1. The first-order valence-corrected chi connectivity index (χ1v) is 30.5. The minimum atomic E-state index is -0.247. The molecule has 0 radical (unpaired) electrons. The van der Waals surface area contributed by atoms with Crippen molar-refractivity contribution in [2.75, 3.05) is 26.4 Å². The van der Waals surface area contributed by atoms with Crippen LogP contribution in [-0.2, 0) is 48.2 Å². The van der Waals surface area contributed by atoms with Crippen LogP contribution in [0.4, 0.5) is 0 Å². The number of benzene rings is 4. The number of ether oxygens (including phenoxy) is 5. The first-order chi connectivity index (χ1) is 37.6. The quantitative estimate of drug-likeness (QED) is 0.0250. The van der Waals surface area contributed by atoms with Crippen molar-refractivity contribution in [3.05, 3.63) is 136 Å². The summed E-state index contributed by atoms with van der Waals surface area (Å²) in [6.07, 6.45) is 29.4. The van der Waals surface area contributed by atoms with E-state index in [0.717, 1.165) is 132 Å². The van der Waals surface area contributed by atoms with Crippen molar-refractivity contribution in [3.63, 3.8) is 0 Å². The molecule has 4 aromatic rings. The van der Waals surface area contributed by atoms with E-state index >= 15 is 0 Å². The van der Waals surface area contributed by atoms with Gasteiger partial charge >= 0.3 is 11.9 Å². The molecule has 0 aliphatic heterocycles. The third-order valence-electron chi connectivity index (χ3n) is 16.8. The maximum absolute atomic E-state index is 12.5. The van der Waals surface area contributed by atoms with Crippen molar-refractivity contribution in [2.24, 2.45) is 17.8 Å². The van der Waals surface area contributed by atoms with Crippen molar-refractivity contribution in [1.82, 2.24) is 0 Å². The van der Waals surface area contributed by atoms with Crippen molar-refractivity contribution < 1.29 is 43.0 Å². The molecule has 0 saturated heterocycles. The molecule has 0 atom stereocenters. The average Bonchev–Trinajstić information content (AvgIpc) is 3.45. The molecule has 0 heterocycles. The van der Waals surface area contributed by atoms with E-state index in [9.17, 15) is 9.59 Å². The predicted molar refractivity (Wildman–Crippen MR) is 308 cm³/mol. The van der Waals surface area contributed by atoms with Gasteiger partial charge in [0.2, 0.25) is 0 Å². The topological polar surface area (TPSA) is 98.8 Å². The van der Waals surface area contributed by atoms with Gasteiger partial charge in [0.1, 0.15) is 18.5 Å². The molecule has 0 spiro atoms. The Morgan fingerprint density at radius 2 is 0.896 bits per heavy atom. The van der Waals surface area contributed by atoms with Crippen LogP contribution in [0.25, 0.3) is 0 Å². The molecule has 0 aromatic heterocycles. The molecule has 4 fully saturated rings. The number of aryl methyl sites for hydroxylation is 3. The second-order valence-electron chi connectivity index (χ2n) is 23.5. The summed E-state index contributed by atoms with van der Waals surface area (Å²) in [5, 5.41) is 0. The van der Waals surface area contributed by atoms with Crippen LogP contribution in [0, 0.1) is 24.7 Å². The van der Waals surface area contributed by atoms with Crippen LogP contribution in [0.15, 0.2) is 97.1 Å². The highest BCUT2D eigenvalue weighted by Crippen LogP contribution is 2.35. The summed E-state index contributed by atoms with van der Waals surface area (Å²) in [5.41, 5.74) is 7.52. The molecular weight excluding hydrogens is 961 g/mol. The Bertz CT molecular complexity index is 2210. The molecule has 77 heavy (non-hydrogen) atoms.